The van der Waals surface area contributed by atoms with Crippen LogP contribution in [0.15, 0.2) is 95.0 Å². The molecule has 1 aromatic heterocycles. The number of hydrogen-bond acceptors (Lipinski definition) is 7. The Morgan fingerprint density at radius 3 is 2.08 bits per heavy atom. The maximum absolute atomic E-state index is 13.1. The molecular formula is C25H23N5O5S2. The summed E-state index contributed by atoms with van der Waals surface area (Å²) in [6.07, 6.45) is 2.81. The Labute approximate surface area is 214 Å². The van der Waals surface area contributed by atoms with Crippen molar-refractivity contribution in [2.45, 2.75) is 23.6 Å². The molecule has 1 heterocycles. The van der Waals surface area contributed by atoms with E-state index in [2.05, 4.69) is 24.7 Å². The number of nitrogens with one attached hydrogen (secondary N) is 3. The van der Waals surface area contributed by atoms with E-state index in [1.54, 1.807) is 50.2 Å². The number of para-hydroxylation sites is 1. The van der Waals surface area contributed by atoms with Crippen molar-refractivity contribution >= 4 is 43.3 Å². The number of carbonyl (C=O) groups is 1. The van der Waals surface area contributed by atoms with Gasteiger partial charge in [-0.05, 0) is 73.5 Å². The number of anilines is 3. The Morgan fingerprint density at radius 2 is 1.41 bits per heavy atom. The van der Waals surface area contributed by atoms with E-state index < -0.39 is 26.0 Å². The highest BCUT2D eigenvalue weighted by molar-refractivity contribution is 7.93. The lowest BCUT2D eigenvalue weighted by atomic mass is 10.1. The van der Waals surface area contributed by atoms with Gasteiger partial charge < -0.3 is 5.32 Å². The van der Waals surface area contributed by atoms with Gasteiger partial charge in [-0.25, -0.2) is 31.5 Å². The number of benzene rings is 3. The van der Waals surface area contributed by atoms with E-state index >= 15 is 0 Å². The van der Waals surface area contributed by atoms with Crippen LogP contribution >= 0.6 is 0 Å². The summed E-state index contributed by atoms with van der Waals surface area (Å²) < 4.78 is 56.0. The fraction of sp³-hybridized carbons (Fsp3) is 0.0800. The molecule has 0 atom stereocenters. The molecule has 4 aromatic rings. The summed E-state index contributed by atoms with van der Waals surface area (Å²) in [5.74, 6) is -0.624. The molecule has 12 heteroatoms. The number of amides is 1. The summed E-state index contributed by atoms with van der Waals surface area (Å²) >= 11 is 0. The third-order valence-electron chi connectivity index (χ3n) is 5.34. The molecule has 0 fully saturated rings. The van der Waals surface area contributed by atoms with Gasteiger partial charge in [0.15, 0.2) is 0 Å². The van der Waals surface area contributed by atoms with E-state index in [9.17, 15) is 21.6 Å². The van der Waals surface area contributed by atoms with Gasteiger partial charge in [0.1, 0.15) is 0 Å². The molecule has 0 bridgehead atoms. The monoisotopic (exact) mass is 537 g/mol. The first-order chi connectivity index (χ1) is 17.5. The number of aryl methyl sites for hydroxylation is 2. The van der Waals surface area contributed by atoms with Crippen molar-refractivity contribution < 1.29 is 21.6 Å². The van der Waals surface area contributed by atoms with Gasteiger partial charge in [0, 0.05) is 23.6 Å². The standard InChI is InChI=1S/C25H23N5O5S2/c1-17-6-3-4-7-22(17)29-37(34,35)23-16-19(9-8-18(23)2)24(31)28-20-10-12-21(13-11-20)36(32,33)30-25-26-14-5-15-27-25/h3-16,29H,1-2H3,(H,28,31)(H,26,27,30). The second-order valence-electron chi connectivity index (χ2n) is 8.06. The summed E-state index contributed by atoms with van der Waals surface area (Å²) in [6, 6.07) is 18.4. The molecule has 0 aliphatic carbocycles. The average Bonchev–Trinajstić information content (AvgIpc) is 2.86. The highest BCUT2D eigenvalue weighted by Gasteiger charge is 2.21. The van der Waals surface area contributed by atoms with Gasteiger partial charge in [0.2, 0.25) is 5.95 Å². The predicted molar refractivity (Wildman–Crippen MR) is 140 cm³/mol. The van der Waals surface area contributed by atoms with Gasteiger partial charge in [-0.15, -0.1) is 0 Å². The Hall–Kier alpha value is -4.29. The van der Waals surface area contributed by atoms with E-state index in [0.717, 1.165) is 5.56 Å². The molecule has 0 radical (unpaired) electrons. The molecular weight excluding hydrogens is 514 g/mol. The Bertz CT molecular complexity index is 1660. The van der Waals surface area contributed by atoms with Crippen LogP contribution in [-0.2, 0) is 20.0 Å². The molecule has 0 saturated carbocycles. The van der Waals surface area contributed by atoms with E-state index in [0.29, 0.717) is 16.9 Å². The lowest BCUT2D eigenvalue weighted by Gasteiger charge is -2.14. The molecule has 3 aromatic carbocycles. The molecule has 4 rings (SSSR count). The highest BCUT2D eigenvalue weighted by atomic mass is 32.2. The van der Waals surface area contributed by atoms with Crippen LogP contribution in [0.25, 0.3) is 0 Å². The number of sulfonamides is 2. The predicted octanol–water partition coefficient (Wildman–Crippen LogP) is 3.95. The second kappa shape index (κ2) is 10.4. The molecule has 0 aliphatic heterocycles. The number of aromatic nitrogens is 2. The van der Waals surface area contributed by atoms with Crippen molar-refractivity contribution in [3.8, 4) is 0 Å². The molecule has 3 N–H and O–H groups in total. The first-order valence-electron chi connectivity index (χ1n) is 11.0. The van der Waals surface area contributed by atoms with Crippen molar-refractivity contribution in [2.24, 2.45) is 0 Å². The Balaban J connectivity index is 1.51. The molecule has 1 amide bonds. The zero-order chi connectivity index (χ0) is 26.6. The first-order valence-corrected chi connectivity index (χ1v) is 13.9. The normalized spacial score (nSPS) is 11.5. The van der Waals surface area contributed by atoms with Crippen molar-refractivity contribution in [3.05, 3.63) is 102 Å². The first kappa shape index (κ1) is 25.8. The number of carbonyl (C=O) groups excluding carboxylic acids is 1. The summed E-state index contributed by atoms with van der Waals surface area (Å²) in [5.41, 5.74) is 2.12. The van der Waals surface area contributed by atoms with Crippen LogP contribution in [0.1, 0.15) is 21.5 Å². The largest absolute Gasteiger partial charge is 0.322 e. The van der Waals surface area contributed by atoms with Crippen LogP contribution in [0.2, 0.25) is 0 Å². The van der Waals surface area contributed by atoms with E-state index in [-0.39, 0.29) is 21.3 Å². The van der Waals surface area contributed by atoms with Gasteiger partial charge >= 0.3 is 0 Å². The number of rotatable bonds is 8. The number of nitrogens with zero attached hydrogens (tertiary/aromatic N) is 2. The van der Waals surface area contributed by atoms with Gasteiger partial charge in [0.05, 0.1) is 15.5 Å². The average molecular weight is 538 g/mol. The third kappa shape index (κ3) is 6.11. The molecule has 37 heavy (non-hydrogen) atoms. The minimum atomic E-state index is -3.96. The maximum Gasteiger partial charge on any atom is 0.264 e. The van der Waals surface area contributed by atoms with Crippen molar-refractivity contribution in [2.75, 3.05) is 14.8 Å². The Morgan fingerprint density at radius 1 is 0.730 bits per heavy atom. The molecule has 10 nitrogen and oxygen atoms in total. The van der Waals surface area contributed by atoms with Gasteiger partial charge in [0.25, 0.3) is 26.0 Å². The van der Waals surface area contributed by atoms with Crippen LogP contribution in [0.3, 0.4) is 0 Å². The summed E-state index contributed by atoms with van der Waals surface area (Å²) in [6.45, 7) is 3.43. The topological polar surface area (TPSA) is 147 Å². The summed E-state index contributed by atoms with van der Waals surface area (Å²) in [5, 5.41) is 2.65. The van der Waals surface area contributed by atoms with Gasteiger partial charge in [-0.2, -0.15) is 0 Å². The minimum absolute atomic E-state index is 0.0287. The van der Waals surface area contributed by atoms with E-state index in [1.807, 2.05) is 0 Å². The van der Waals surface area contributed by atoms with Gasteiger partial charge in [-0.1, -0.05) is 24.3 Å². The molecule has 190 valence electrons. The molecule has 0 aliphatic rings. The minimum Gasteiger partial charge on any atom is -0.322 e. The molecule has 0 unspecified atom stereocenters. The van der Waals surface area contributed by atoms with Crippen LogP contribution in [0.5, 0.6) is 0 Å². The molecule has 0 saturated heterocycles. The molecule has 0 spiro atoms. The van der Waals surface area contributed by atoms with Crippen LogP contribution < -0.4 is 14.8 Å². The lowest BCUT2D eigenvalue weighted by Crippen LogP contribution is -2.18. The summed E-state index contributed by atoms with van der Waals surface area (Å²) in [4.78, 5) is 20.5. The zero-order valence-electron chi connectivity index (χ0n) is 19.8. The van der Waals surface area contributed by atoms with Crippen molar-refractivity contribution in [1.82, 2.24) is 9.97 Å². The highest BCUT2D eigenvalue weighted by Crippen LogP contribution is 2.24. The Kier molecular flexibility index (Phi) is 7.23. The smallest absolute Gasteiger partial charge is 0.264 e. The summed E-state index contributed by atoms with van der Waals surface area (Å²) in [7, 11) is -7.88. The third-order valence-corrected chi connectivity index (χ3v) is 8.19. The second-order valence-corrected chi connectivity index (χ2v) is 11.4. The lowest BCUT2D eigenvalue weighted by molar-refractivity contribution is 0.102. The van der Waals surface area contributed by atoms with Crippen LogP contribution in [0.4, 0.5) is 17.3 Å². The zero-order valence-corrected chi connectivity index (χ0v) is 21.5. The van der Waals surface area contributed by atoms with Crippen LogP contribution in [0, 0.1) is 13.8 Å². The van der Waals surface area contributed by atoms with Crippen molar-refractivity contribution in [3.63, 3.8) is 0 Å². The fourth-order valence-corrected chi connectivity index (χ4v) is 5.73. The van der Waals surface area contributed by atoms with Crippen molar-refractivity contribution in [1.29, 1.82) is 0 Å². The fourth-order valence-electron chi connectivity index (χ4n) is 3.37. The SMILES string of the molecule is Cc1ccccc1NS(=O)(=O)c1cc(C(=O)Nc2ccc(S(=O)(=O)Nc3ncccn3)cc2)ccc1C. The van der Waals surface area contributed by atoms with E-state index in [1.165, 1.54) is 48.8 Å². The maximum atomic E-state index is 13.1. The van der Waals surface area contributed by atoms with Crippen LogP contribution in [-0.4, -0.2) is 32.7 Å². The van der Waals surface area contributed by atoms with E-state index in [4.69, 9.17) is 0 Å². The van der Waals surface area contributed by atoms with Gasteiger partial charge in [-0.3, -0.25) is 9.52 Å². The number of hydrogen-bond donors (Lipinski definition) is 3. The quantitative estimate of drug-likeness (QED) is 0.308.